The Morgan fingerprint density at radius 1 is 0.280 bits per heavy atom. The van der Waals surface area contributed by atoms with E-state index in [1.807, 2.05) is 12.3 Å². The van der Waals surface area contributed by atoms with Crippen LogP contribution in [0, 0.1) is 0 Å². The molecular weight excluding hydrogens is 603 g/mol. The zero-order chi connectivity index (χ0) is 33.0. The van der Waals surface area contributed by atoms with E-state index in [1.54, 1.807) is 0 Å². The van der Waals surface area contributed by atoms with Crippen LogP contribution in [-0.2, 0) is 0 Å². The van der Waals surface area contributed by atoms with Crippen molar-refractivity contribution < 1.29 is 0 Å². The number of pyridine rings is 1. The van der Waals surface area contributed by atoms with Gasteiger partial charge in [-0.15, -0.1) is 0 Å². The molecule has 1 heterocycles. The second kappa shape index (κ2) is 11.5. The van der Waals surface area contributed by atoms with Gasteiger partial charge < -0.3 is 0 Å². The van der Waals surface area contributed by atoms with Crippen molar-refractivity contribution in [2.24, 2.45) is 0 Å². The summed E-state index contributed by atoms with van der Waals surface area (Å²) in [6, 6.07) is 66.5. The minimum atomic E-state index is 1.01. The smallest absolute Gasteiger partial charge is 0.0708 e. The molecule has 0 radical (unpaired) electrons. The zero-order valence-corrected chi connectivity index (χ0v) is 27.3. The Labute approximate surface area is 290 Å². The summed E-state index contributed by atoms with van der Waals surface area (Å²) in [5, 5.41) is 11.2. The zero-order valence-electron chi connectivity index (χ0n) is 27.3. The fraction of sp³-hybridized carbons (Fsp3) is 0. The third kappa shape index (κ3) is 4.67. The summed E-state index contributed by atoms with van der Waals surface area (Å²) >= 11 is 0. The SMILES string of the molecule is c1ccc2cc(-c3c4ccccc4c(-c4ccc5ccccc5c4)c4cc(-c5ccc(-c6ccnc7ccccc67)cc5)ccc34)ccc2c1. The highest BCUT2D eigenvalue weighted by Gasteiger charge is 2.18. The topological polar surface area (TPSA) is 12.9 Å². The van der Waals surface area contributed by atoms with E-state index in [0.717, 1.165) is 5.52 Å². The highest BCUT2D eigenvalue weighted by Crippen LogP contribution is 2.46. The van der Waals surface area contributed by atoms with Crippen LogP contribution >= 0.6 is 0 Å². The van der Waals surface area contributed by atoms with Crippen molar-refractivity contribution in [3.8, 4) is 44.5 Å². The molecule has 0 aliphatic heterocycles. The maximum absolute atomic E-state index is 4.58. The van der Waals surface area contributed by atoms with E-state index in [1.165, 1.54) is 93.0 Å². The summed E-state index contributed by atoms with van der Waals surface area (Å²) in [7, 11) is 0. The Hall–Kier alpha value is -6.57. The van der Waals surface area contributed by atoms with Crippen molar-refractivity contribution in [1.82, 2.24) is 4.98 Å². The maximum atomic E-state index is 4.58. The number of hydrogen-bond acceptors (Lipinski definition) is 1. The van der Waals surface area contributed by atoms with Gasteiger partial charge in [-0.3, -0.25) is 4.98 Å². The Bertz CT molecular complexity index is 2910. The van der Waals surface area contributed by atoms with Gasteiger partial charge in [0.25, 0.3) is 0 Å². The molecule has 1 aromatic heterocycles. The van der Waals surface area contributed by atoms with Gasteiger partial charge in [-0.2, -0.15) is 0 Å². The molecule has 0 fully saturated rings. The first kappa shape index (κ1) is 28.4. The molecule has 232 valence electrons. The number of fused-ring (bicyclic) bond motifs is 5. The summed E-state index contributed by atoms with van der Waals surface area (Å²) in [6.07, 6.45) is 1.90. The van der Waals surface area contributed by atoms with Crippen molar-refractivity contribution in [3.63, 3.8) is 0 Å². The van der Waals surface area contributed by atoms with E-state index < -0.39 is 0 Å². The second-order valence-corrected chi connectivity index (χ2v) is 13.1. The van der Waals surface area contributed by atoms with Crippen molar-refractivity contribution in [2.45, 2.75) is 0 Å². The standard InChI is InChI=1S/C49H31N/c1-3-11-36-29-39(23-19-32(36)9-1)48-43-14-5-6-15-44(43)49(40-24-20-33-10-2-4-12-37(33)30-40)46-31-38(25-26-45(46)48)34-17-21-35(22-18-34)41-27-28-50-47-16-8-7-13-42(41)47/h1-31H. The summed E-state index contributed by atoms with van der Waals surface area (Å²) < 4.78 is 0. The average Bonchev–Trinajstić information content (AvgIpc) is 3.19. The molecule has 10 rings (SSSR count). The lowest BCUT2D eigenvalue weighted by molar-refractivity contribution is 1.41. The third-order valence-electron chi connectivity index (χ3n) is 10.3. The molecule has 1 heteroatoms. The predicted molar refractivity (Wildman–Crippen MR) is 214 cm³/mol. The first-order chi connectivity index (χ1) is 24.8. The van der Waals surface area contributed by atoms with Crippen LogP contribution < -0.4 is 0 Å². The molecule has 0 unspecified atom stereocenters. The molecule has 0 saturated heterocycles. The third-order valence-corrected chi connectivity index (χ3v) is 10.3. The summed E-state index contributed by atoms with van der Waals surface area (Å²) in [4.78, 5) is 4.58. The Morgan fingerprint density at radius 3 is 1.42 bits per heavy atom. The van der Waals surface area contributed by atoms with Crippen LogP contribution in [0.1, 0.15) is 0 Å². The fourth-order valence-corrected chi connectivity index (χ4v) is 7.86. The lowest BCUT2D eigenvalue weighted by Crippen LogP contribution is -1.92. The minimum absolute atomic E-state index is 1.01. The Kier molecular flexibility index (Phi) is 6.57. The van der Waals surface area contributed by atoms with Crippen LogP contribution in [0.5, 0.6) is 0 Å². The molecule has 0 amide bonds. The molecule has 0 atom stereocenters. The first-order valence-corrected chi connectivity index (χ1v) is 17.2. The summed E-state index contributed by atoms with van der Waals surface area (Å²) in [5.41, 5.74) is 10.8. The van der Waals surface area contributed by atoms with Gasteiger partial charge >= 0.3 is 0 Å². The van der Waals surface area contributed by atoms with E-state index in [-0.39, 0.29) is 0 Å². The van der Waals surface area contributed by atoms with E-state index >= 15 is 0 Å². The highest BCUT2D eigenvalue weighted by molar-refractivity contribution is 6.22. The minimum Gasteiger partial charge on any atom is -0.256 e. The van der Waals surface area contributed by atoms with Gasteiger partial charge in [0.1, 0.15) is 0 Å². The molecule has 0 bridgehead atoms. The van der Waals surface area contributed by atoms with Gasteiger partial charge in [0.05, 0.1) is 5.52 Å². The normalized spacial score (nSPS) is 11.6. The lowest BCUT2D eigenvalue weighted by Gasteiger charge is -2.19. The fourth-order valence-electron chi connectivity index (χ4n) is 7.86. The van der Waals surface area contributed by atoms with Gasteiger partial charge in [0.15, 0.2) is 0 Å². The number of hydrogen-bond donors (Lipinski definition) is 0. The summed E-state index contributed by atoms with van der Waals surface area (Å²) in [5.74, 6) is 0. The van der Waals surface area contributed by atoms with Crippen LogP contribution in [0.15, 0.2) is 188 Å². The van der Waals surface area contributed by atoms with Crippen LogP contribution in [0.25, 0.3) is 98.5 Å². The van der Waals surface area contributed by atoms with Crippen molar-refractivity contribution >= 4 is 54.0 Å². The molecular formula is C49H31N. The van der Waals surface area contributed by atoms with Crippen molar-refractivity contribution in [2.75, 3.05) is 0 Å². The van der Waals surface area contributed by atoms with Gasteiger partial charge in [-0.25, -0.2) is 0 Å². The van der Waals surface area contributed by atoms with Crippen LogP contribution in [0.4, 0.5) is 0 Å². The maximum Gasteiger partial charge on any atom is 0.0708 e. The van der Waals surface area contributed by atoms with Gasteiger partial charge in [0.2, 0.25) is 0 Å². The van der Waals surface area contributed by atoms with Crippen molar-refractivity contribution in [3.05, 3.63) is 188 Å². The second-order valence-electron chi connectivity index (χ2n) is 13.1. The Morgan fingerprint density at radius 2 is 0.760 bits per heavy atom. The number of rotatable bonds is 4. The molecule has 0 spiro atoms. The van der Waals surface area contributed by atoms with Crippen LogP contribution in [-0.4, -0.2) is 4.98 Å². The molecule has 9 aromatic carbocycles. The van der Waals surface area contributed by atoms with E-state index in [4.69, 9.17) is 0 Å². The quantitative estimate of drug-likeness (QED) is 0.176. The van der Waals surface area contributed by atoms with Crippen LogP contribution in [0.3, 0.4) is 0 Å². The molecule has 0 N–H and O–H groups in total. The van der Waals surface area contributed by atoms with Crippen molar-refractivity contribution in [1.29, 1.82) is 0 Å². The van der Waals surface area contributed by atoms with Crippen LogP contribution in [0.2, 0.25) is 0 Å². The Balaban J connectivity index is 1.22. The molecule has 0 aliphatic carbocycles. The first-order valence-electron chi connectivity index (χ1n) is 17.2. The average molecular weight is 634 g/mol. The van der Waals surface area contributed by atoms with E-state index in [2.05, 4.69) is 181 Å². The largest absolute Gasteiger partial charge is 0.256 e. The van der Waals surface area contributed by atoms with E-state index in [9.17, 15) is 0 Å². The monoisotopic (exact) mass is 633 g/mol. The molecule has 1 nitrogen and oxygen atoms in total. The molecule has 0 aliphatic rings. The molecule has 50 heavy (non-hydrogen) atoms. The number of para-hydroxylation sites is 1. The number of benzene rings is 9. The predicted octanol–water partition coefficient (Wildman–Crippen LogP) is 13.5. The lowest BCUT2D eigenvalue weighted by atomic mass is 9.84. The van der Waals surface area contributed by atoms with E-state index in [0.29, 0.717) is 0 Å². The molecule has 0 saturated carbocycles. The van der Waals surface area contributed by atoms with Gasteiger partial charge in [0, 0.05) is 11.6 Å². The highest BCUT2D eigenvalue weighted by atomic mass is 14.6. The number of nitrogens with zero attached hydrogens (tertiary/aromatic N) is 1. The summed E-state index contributed by atoms with van der Waals surface area (Å²) in [6.45, 7) is 0. The molecule has 10 aromatic rings. The van der Waals surface area contributed by atoms with Gasteiger partial charge in [-0.1, -0.05) is 152 Å². The number of aromatic nitrogens is 1. The van der Waals surface area contributed by atoms with Gasteiger partial charge in [-0.05, 0) is 118 Å².